The van der Waals surface area contributed by atoms with Crippen LogP contribution >= 0.6 is 0 Å². The largest absolute Gasteiger partial charge is 0.480 e. The minimum Gasteiger partial charge on any atom is -0.480 e. The molecule has 0 radical (unpaired) electrons. The number of likely N-dealkylation sites (N-methyl/N-ethyl adjacent to an activating group) is 1. The van der Waals surface area contributed by atoms with Crippen LogP contribution in [-0.4, -0.2) is 62.1 Å². The highest BCUT2D eigenvalue weighted by atomic mass is 32.2. The van der Waals surface area contributed by atoms with Gasteiger partial charge >= 0.3 is 5.97 Å². The number of aliphatic carboxylic acids is 1. The molecule has 0 aromatic carbocycles. The van der Waals surface area contributed by atoms with E-state index in [0.29, 0.717) is 6.54 Å². The number of hydrogen-bond donors (Lipinski definition) is 2. The van der Waals surface area contributed by atoms with E-state index in [0.717, 1.165) is 19.1 Å². The summed E-state index contributed by atoms with van der Waals surface area (Å²) in [6.45, 7) is 0.486. The average molecular weight is 264 g/mol. The minimum atomic E-state index is -3.03. The molecule has 0 aromatic rings. The molecule has 6 nitrogen and oxygen atoms in total. The summed E-state index contributed by atoms with van der Waals surface area (Å²) in [5.41, 5.74) is 4.65. The van der Waals surface area contributed by atoms with E-state index in [1.165, 1.54) is 0 Å². The first kappa shape index (κ1) is 14.4. The molecule has 1 atom stereocenters. The Labute approximate surface area is 102 Å². The molecule has 0 aromatic heterocycles. The fourth-order valence-electron chi connectivity index (χ4n) is 1.82. The van der Waals surface area contributed by atoms with E-state index in [9.17, 15) is 13.2 Å². The predicted molar refractivity (Wildman–Crippen MR) is 64.5 cm³/mol. The number of hydrogen-bond acceptors (Lipinski definition) is 5. The third-order valence-electron chi connectivity index (χ3n) is 3.08. The van der Waals surface area contributed by atoms with Gasteiger partial charge in [-0.1, -0.05) is 0 Å². The fourth-order valence-corrected chi connectivity index (χ4v) is 2.46. The van der Waals surface area contributed by atoms with E-state index in [-0.39, 0.29) is 18.2 Å². The molecule has 1 unspecified atom stereocenters. The Kier molecular flexibility index (Phi) is 4.16. The monoisotopic (exact) mass is 264 g/mol. The van der Waals surface area contributed by atoms with Crippen molar-refractivity contribution in [3.63, 3.8) is 0 Å². The van der Waals surface area contributed by atoms with Gasteiger partial charge in [0.15, 0.2) is 0 Å². The standard InChI is InChI=1S/C10H20N2O4S/c1-12(5-6-17(2,15)16)7-10(11,9(13)14)8-3-4-8/h8H,3-7,11H2,1-2H3,(H,13,14). The number of nitrogens with two attached hydrogens (primary N) is 1. The Morgan fingerprint density at radius 3 is 2.41 bits per heavy atom. The van der Waals surface area contributed by atoms with E-state index in [4.69, 9.17) is 10.8 Å². The molecule has 7 heteroatoms. The average Bonchev–Trinajstić information content (AvgIpc) is 2.96. The maximum absolute atomic E-state index is 11.2. The van der Waals surface area contributed by atoms with Gasteiger partial charge in [-0.05, 0) is 25.8 Å². The van der Waals surface area contributed by atoms with Crippen molar-refractivity contribution in [2.24, 2.45) is 11.7 Å². The SMILES string of the molecule is CN(CCS(C)(=O)=O)CC(N)(C(=O)O)C1CC1. The van der Waals surface area contributed by atoms with Gasteiger partial charge in [0.1, 0.15) is 15.4 Å². The maximum atomic E-state index is 11.2. The molecular weight excluding hydrogens is 244 g/mol. The van der Waals surface area contributed by atoms with Crippen LogP contribution < -0.4 is 5.73 Å². The molecule has 0 spiro atoms. The first-order chi connectivity index (χ1) is 7.65. The summed E-state index contributed by atoms with van der Waals surface area (Å²) in [4.78, 5) is 12.8. The van der Waals surface area contributed by atoms with Crippen molar-refractivity contribution in [2.45, 2.75) is 18.4 Å². The number of carboxylic acids is 1. The third kappa shape index (κ3) is 4.25. The van der Waals surface area contributed by atoms with Gasteiger partial charge in [-0.15, -0.1) is 0 Å². The second kappa shape index (κ2) is 4.91. The van der Waals surface area contributed by atoms with Crippen LogP contribution in [0.3, 0.4) is 0 Å². The van der Waals surface area contributed by atoms with Crippen LogP contribution in [0.25, 0.3) is 0 Å². The molecule has 1 aliphatic carbocycles. The van der Waals surface area contributed by atoms with E-state index in [2.05, 4.69) is 0 Å². The molecule has 3 N–H and O–H groups in total. The lowest BCUT2D eigenvalue weighted by Gasteiger charge is -2.29. The van der Waals surface area contributed by atoms with Crippen molar-refractivity contribution in [1.82, 2.24) is 4.90 Å². The number of carboxylic acid groups (broad SMARTS) is 1. The van der Waals surface area contributed by atoms with Gasteiger partial charge in [-0.3, -0.25) is 4.79 Å². The summed E-state index contributed by atoms with van der Waals surface area (Å²) >= 11 is 0. The molecule has 17 heavy (non-hydrogen) atoms. The normalized spacial score (nSPS) is 20.2. The van der Waals surface area contributed by atoms with E-state index in [1.807, 2.05) is 0 Å². The zero-order valence-electron chi connectivity index (χ0n) is 10.2. The summed E-state index contributed by atoms with van der Waals surface area (Å²) in [6.07, 6.45) is 2.83. The summed E-state index contributed by atoms with van der Waals surface area (Å²) in [5.74, 6) is -0.976. The van der Waals surface area contributed by atoms with Crippen molar-refractivity contribution in [2.75, 3.05) is 32.1 Å². The predicted octanol–water partition coefficient (Wildman–Crippen LogP) is -0.845. The van der Waals surface area contributed by atoms with Crippen LogP contribution in [-0.2, 0) is 14.6 Å². The van der Waals surface area contributed by atoms with Gasteiger partial charge in [0.2, 0.25) is 0 Å². The molecule has 0 aliphatic heterocycles. The van der Waals surface area contributed by atoms with Crippen molar-refractivity contribution in [1.29, 1.82) is 0 Å². The van der Waals surface area contributed by atoms with Crippen molar-refractivity contribution < 1.29 is 18.3 Å². The second-order valence-corrected chi connectivity index (χ2v) is 7.25. The Bertz CT molecular complexity index is 391. The Morgan fingerprint density at radius 1 is 1.53 bits per heavy atom. The molecule has 0 heterocycles. The number of nitrogens with zero attached hydrogens (tertiary/aromatic N) is 1. The lowest BCUT2D eigenvalue weighted by Crippen LogP contribution is -2.57. The van der Waals surface area contributed by atoms with Crippen LogP contribution in [0.1, 0.15) is 12.8 Å². The first-order valence-corrected chi connectivity index (χ1v) is 7.60. The molecule has 100 valence electrons. The van der Waals surface area contributed by atoms with Gasteiger partial charge in [-0.25, -0.2) is 8.42 Å². The van der Waals surface area contributed by atoms with Gasteiger partial charge < -0.3 is 15.7 Å². The number of rotatable bonds is 7. The highest BCUT2D eigenvalue weighted by molar-refractivity contribution is 7.90. The molecule has 0 amide bonds. The van der Waals surface area contributed by atoms with E-state index >= 15 is 0 Å². The van der Waals surface area contributed by atoms with Gasteiger partial charge in [0.25, 0.3) is 0 Å². The molecule has 1 fully saturated rings. The third-order valence-corrected chi connectivity index (χ3v) is 4.00. The molecule has 0 bridgehead atoms. The van der Waals surface area contributed by atoms with Crippen molar-refractivity contribution in [3.05, 3.63) is 0 Å². The van der Waals surface area contributed by atoms with Crippen molar-refractivity contribution >= 4 is 15.8 Å². The molecular formula is C10H20N2O4S. The second-order valence-electron chi connectivity index (χ2n) is 4.99. The topological polar surface area (TPSA) is 101 Å². The zero-order valence-corrected chi connectivity index (χ0v) is 11.0. The van der Waals surface area contributed by atoms with E-state index < -0.39 is 21.3 Å². The van der Waals surface area contributed by atoms with Gasteiger partial charge in [0, 0.05) is 19.3 Å². The smallest absolute Gasteiger partial charge is 0.325 e. The fraction of sp³-hybridized carbons (Fsp3) is 0.900. The molecule has 0 saturated heterocycles. The summed E-state index contributed by atoms with van der Waals surface area (Å²) < 4.78 is 22.0. The van der Waals surface area contributed by atoms with Crippen LogP contribution in [0.2, 0.25) is 0 Å². The highest BCUT2D eigenvalue weighted by Crippen LogP contribution is 2.38. The Hall–Kier alpha value is -0.660. The lowest BCUT2D eigenvalue weighted by atomic mass is 9.94. The van der Waals surface area contributed by atoms with Crippen LogP contribution in [0, 0.1) is 5.92 Å². The quantitative estimate of drug-likeness (QED) is 0.621. The number of carbonyl (C=O) groups is 1. The lowest BCUT2D eigenvalue weighted by molar-refractivity contribution is -0.145. The molecule has 1 saturated carbocycles. The maximum Gasteiger partial charge on any atom is 0.325 e. The van der Waals surface area contributed by atoms with Crippen LogP contribution in [0.5, 0.6) is 0 Å². The van der Waals surface area contributed by atoms with Crippen LogP contribution in [0.15, 0.2) is 0 Å². The summed E-state index contributed by atoms with van der Waals surface area (Å²) in [6, 6.07) is 0. The molecule has 1 aliphatic rings. The van der Waals surface area contributed by atoms with Crippen molar-refractivity contribution in [3.8, 4) is 0 Å². The van der Waals surface area contributed by atoms with Gasteiger partial charge in [0.05, 0.1) is 5.75 Å². The van der Waals surface area contributed by atoms with Crippen LogP contribution in [0.4, 0.5) is 0 Å². The Morgan fingerprint density at radius 2 is 2.06 bits per heavy atom. The zero-order chi connectivity index (χ0) is 13.3. The van der Waals surface area contributed by atoms with E-state index in [1.54, 1.807) is 11.9 Å². The first-order valence-electron chi connectivity index (χ1n) is 5.54. The summed E-state index contributed by atoms with van der Waals surface area (Å²) in [7, 11) is -1.34. The summed E-state index contributed by atoms with van der Waals surface area (Å²) in [5, 5.41) is 9.15. The Balaban J connectivity index is 2.53. The molecule has 1 rings (SSSR count). The highest BCUT2D eigenvalue weighted by Gasteiger charge is 2.48. The van der Waals surface area contributed by atoms with Gasteiger partial charge in [-0.2, -0.15) is 0 Å². The number of sulfone groups is 1. The minimum absolute atomic E-state index is 0.0145.